The SMILES string of the molecule is COc1cc(C=Nn2c(-c3ccc(F)cc3)csc2=NC2CCCCC2)cc(OC)c1O. The van der Waals surface area contributed by atoms with Crippen LogP contribution in [0.4, 0.5) is 4.39 Å². The Bertz CT molecular complexity index is 1140. The van der Waals surface area contributed by atoms with Gasteiger partial charge in [0, 0.05) is 16.5 Å². The number of ether oxygens (including phenoxy) is 2. The van der Waals surface area contributed by atoms with Crippen LogP contribution in [0, 0.1) is 5.82 Å². The van der Waals surface area contributed by atoms with Gasteiger partial charge < -0.3 is 14.6 Å². The Balaban J connectivity index is 1.78. The average molecular weight is 456 g/mol. The second kappa shape index (κ2) is 9.99. The van der Waals surface area contributed by atoms with Gasteiger partial charge in [-0.05, 0) is 49.2 Å². The van der Waals surface area contributed by atoms with E-state index in [2.05, 4.69) is 0 Å². The van der Waals surface area contributed by atoms with Gasteiger partial charge in [0.05, 0.1) is 32.2 Å². The van der Waals surface area contributed by atoms with E-state index in [9.17, 15) is 9.50 Å². The third kappa shape index (κ3) is 4.85. The molecule has 3 aromatic rings. The summed E-state index contributed by atoms with van der Waals surface area (Å²) in [5.41, 5.74) is 2.38. The summed E-state index contributed by atoms with van der Waals surface area (Å²) >= 11 is 1.52. The number of hydrogen-bond donors (Lipinski definition) is 1. The fraction of sp³-hybridized carbons (Fsp3) is 0.333. The smallest absolute Gasteiger partial charge is 0.206 e. The van der Waals surface area contributed by atoms with Gasteiger partial charge in [0.15, 0.2) is 11.5 Å². The van der Waals surface area contributed by atoms with Gasteiger partial charge in [-0.2, -0.15) is 5.10 Å². The molecule has 1 fully saturated rings. The number of benzene rings is 2. The van der Waals surface area contributed by atoms with Crippen molar-refractivity contribution in [1.82, 2.24) is 4.68 Å². The van der Waals surface area contributed by atoms with E-state index in [1.807, 2.05) is 5.38 Å². The molecule has 32 heavy (non-hydrogen) atoms. The van der Waals surface area contributed by atoms with Crippen LogP contribution in [0.1, 0.15) is 37.7 Å². The highest BCUT2D eigenvalue weighted by atomic mass is 32.1. The fourth-order valence-corrected chi connectivity index (χ4v) is 4.71. The first-order chi connectivity index (χ1) is 15.6. The fourth-order valence-electron chi connectivity index (χ4n) is 3.80. The second-order valence-electron chi connectivity index (χ2n) is 7.66. The van der Waals surface area contributed by atoms with E-state index >= 15 is 0 Å². The number of methoxy groups -OCH3 is 2. The van der Waals surface area contributed by atoms with Crippen molar-refractivity contribution in [2.45, 2.75) is 38.1 Å². The summed E-state index contributed by atoms with van der Waals surface area (Å²) in [6.45, 7) is 0. The molecule has 8 heteroatoms. The molecule has 4 rings (SSSR count). The van der Waals surface area contributed by atoms with Gasteiger partial charge in [0.1, 0.15) is 5.82 Å². The van der Waals surface area contributed by atoms with E-state index in [4.69, 9.17) is 19.6 Å². The molecule has 1 aliphatic carbocycles. The molecule has 0 bridgehead atoms. The summed E-state index contributed by atoms with van der Waals surface area (Å²) in [5, 5.41) is 16.9. The zero-order valence-electron chi connectivity index (χ0n) is 18.1. The molecule has 0 atom stereocenters. The van der Waals surface area contributed by atoms with E-state index in [0.29, 0.717) is 23.1 Å². The van der Waals surface area contributed by atoms with Crippen LogP contribution >= 0.6 is 11.3 Å². The number of phenols is 1. The van der Waals surface area contributed by atoms with E-state index in [-0.39, 0.29) is 11.6 Å². The molecular weight excluding hydrogens is 429 g/mol. The van der Waals surface area contributed by atoms with Crippen LogP contribution in [0.2, 0.25) is 0 Å². The Labute approximate surface area is 190 Å². The van der Waals surface area contributed by atoms with Crippen LogP contribution in [0.15, 0.2) is 51.9 Å². The van der Waals surface area contributed by atoms with Crippen molar-refractivity contribution in [2.75, 3.05) is 14.2 Å². The maximum absolute atomic E-state index is 13.5. The van der Waals surface area contributed by atoms with E-state index < -0.39 is 0 Å². The van der Waals surface area contributed by atoms with Gasteiger partial charge in [-0.3, -0.25) is 4.99 Å². The molecule has 2 aromatic carbocycles. The van der Waals surface area contributed by atoms with Crippen LogP contribution in [-0.4, -0.2) is 36.3 Å². The molecule has 6 nitrogen and oxygen atoms in total. The maximum Gasteiger partial charge on any atom is 0.206 e. The summed E-state index contributed by atoms with van der Waals surface area (Å²) in [6.07, 6.45) is 7.49. The molecule has 168 valence electrons. The number of halogens is 1. The van der Waals surface area contributed by atoms with Crippen LogP contribution in [-0.2, 0) is 0 Å². The number of thiazole rings is 1. The Morgan fingerprint density at radius 3 is 2.34 bits per heavy atom. The summed E-state index contributed by atoms with van der Waals surface area (Å²) in [4.78, 5) is 5.78. The number of nitrogens with zero attached hydrogens (tertiary/aromatic N) is 3. The Morgan fingerprint density at radius 2 is 1.72 bits per heavy atom. The lowest BCUT2D eigenvalue weighted by atomic mass is 9.96. The summed E-state index contributed by atoms with van der Waals surface area (Å²) in [6, 6.07) is 10.0. The van der Waals surface area contributed by atoms with Gasteiger partial charge in [-0.25, -0.2) is 9.07 Å². The largest absolute Gasteiger partial charge is 0.502 e. The Kier molecular flexibility index (Phi) is 6.90. The predicted octanol–water partition coefficient (Wildman–Crippen LogP) is 5.19. The van der Waals surface area contributed by atoms with Gasteiger partial charge in [-0.15, -0.1) is 11.3 Å². The summed E-state index contributed by atoms with van der Waals surface area (Å²) < 4.78 is 25.7. The molecular formula is C24H26FN3O3S. The molecule has 1 aromatic heterocycles. The van der Waals surface area contributed by atoms with Crippen molar-refractivity contribution < 1.29 is 19.0 Å². The molecule has 0 radical (unpaired) electrons. The lowest BCUT2D eigenvalue weighted by molar-refractivity contribution is 0.340. The van der Waals surface area contributed by atoms with Crippen molar-refractivity contribution in [3.63, 3.8) is 0 Å². The Hall–Kier alpha value is -3.13. The topological polar surface area (TPSA) is 68.3 Å². The van der Waals surface area contributed by atoms with E-state index in [1.54, 1.807) is 35.2 Å². The lowest BCUT2D eigenvalue weighted by Crippen LogP contribution is -2.19. The van der Waals surface area contributed by atoms with Crippen LogP contribution < -0.4 is 14.3 Å². The molecule has 1 N–H and O–H groups in total. The van der Waals surface area contributed by atoms with Crippen molar-refractivity contribution in [3.8, 4) is 28.5 Å². The number of hydrogen-bond acceptors (Lipinski definition) is 6. The highest BCUT2D eigenvalue weighted by Crippen LogP contribution is 2.36. The summed E-state index contributed by atoms with van der Waals surface area (Å²) in [5.74, 6) is 0.253. The zero-order valence-corrected chi connectivity index (χ0v) is 18.9. The Morgan fingerprint density at radius 1 is 1.06 bits per heavy atom. The van der Waals surface area contributed by atoms with Crippen LogP contribution in [0.25, 0.3) is 11.3 Å². The van der Waals surface area contributed by atoms with Crippen LogP contribution in [0.5, 0.6) is 17.2 Å². The minimum Gasteiger partial charge on any atom is -0.502 e. The monoisotopic (exact) mass is 455 g/mol. The lowest BCUT2D eigenvalue weighted by Gasteiger charge is -2.16. The van der Waals surface area contributed by atoms with Gasteiger partial charge in [0.25, 0.3) is 0 Å². The summed E-state index contributed by atoms with van der Waals surface area (Å²) in [7, 11) is 2.97. The van der Waals surface area contributed by atoms with E-state index in [0.717, 1.165) is 28.9 Å². The first-order valence-electron chi connectivity index (χ1n) is 10.6. The van der Waals surface area contributed by atoms with Gasteiger partial charge >= 0.3 is 0 Å². The molecule has 0 saturated heterocycles. The predicted molar refractivity (Wildman–Crippen MR) is 124 cm³/mol. The van der Waals surface area contributed by atoms with Crippen molar-refractivity contribution in [1.29, 1.82) is 0 Å². The highest BCUT2D eigenvalue weighted by molar-refractivity contribution is 7.07. The zero-order chi connectivity index (χ0) is 22.5. The molecule has 0 amide bonds. The standard InChI is InChI=1S/C24H26FN3O3S/c1-30-21-12-16(13-22(31-2)23(21)29)14-26-28-20(17-8-10-18(25)11-9-17)15-32-24(28)27-19-6-4-3-5-7-19/h8-15,19,29H,3-7H2,1-2H3. The average Bonchev–Trinajstić information content (AvgIpc) is 3.21. The highest BCUT2D eigenvalue weighted by Gasteiger charge is 2.15. The third-order valence-electron chi connectivity index (χ3n) is 5.52. The van der Waals surface area contributed by atoms with Gasteiger partial charge in [-0.1, -0.05) is 19.3 Å². The van der Waals surface area contributed by atoms with Crippen molar-refractivity contribution in [2.24, 2.45) is 10.1 Å². The first kappa shape index (κ1) is 22.1. The second-order valence-corrected chi connectivity index (χ2v) is 8.50. The molecule has 0 spiro atoms. The van der Waals surface area contributed by atoms with Crippen molar-refractivity contribution >= 4 is 17.6 Å². The first-order valence-corrected chi connectivity index (χ1v) is 11.5. The number of phenolic OH excluding ortho intramolecular Hbond substituents is 1. The number of rotatable bonds is 6. The quantitative estimate of drug-likeness (QED) is 0.520. The minimum atomic E-state index is -0.283. The minimum absolute atomic E-state index is 0.0599. The molecule has 1 saturated carbocycles. The molecule has 1 heterocycles. The van der Waals surface area contributed by atoms with E-state index in [1.165, 1.54) is 57.0 Å². The van der Waals surface area contributed by atoms with Crippen molar-refractivity contribution in [3.05, 3.63) is 58.0 Å². The molecule has 1 aliphatic rings. The maximum atomic E-state index is 13.5. The van der Waals surface area contributed by atoms with Crippen LogP contribution in [0.3, 0.4) is 0 Å². The molecule has 0 aliphatic heterocycles. The third-order valence-corrected chi connectivity index (χ3v) is 6.35. The molecule has 0 unspecified atom stereocenters. The van der Waals surface area contributed by atoms with Gasteiger partial charge in [0.2, 0.25) is 10.6 Å². The number of aromatic nitrogens is 1. The number of aromatic hydroxyl groups is 1. The normalized spacial score (nSPS) is 15.4.